The van der Waals surface area contributed by atoms with Gasteiger partial charge in [0.2, 0.25) is 10.0 Å². The first-order chi connectivity index (χ1) is 8.96. The molecule has 1 aromatic carbocycles. The largest absolute Gasteiger partial charge is 0.319 e. The Morgan fingerprint density at radius 2 is 1.95 bits per heavy atom. The quantitative estimate of drug-likeness (QED) is 0.899. The molecule has 0 radical (unpaired) electrons. The lowest BCUT2D eigenvalue weighted by Gasteiger charge is -2.18. The summed E-state index contributed by atoms with van der Waals surface area (Å²) in [5.41, 5.74) is 0. The molecule has 1 N–H and O–H groups in total. The van der Waals surface area contributed by atoms with Crippen molar-refractivity contribution in [2.24, 2.45) is 5.92 Å². The predicted octanol–water partition coefficient (Wildman–Crippen LogP) is 2.65. The Morgan fingerprint density at radius 1 is 1.35 bits per heavy atom. The van der Waals surface area contributed by atoms with Crippen LogP contribution >= 0.6 is 35.6 Å². The molecule has 20 heavy (non-hydrogen) atoms. The molecular formula is C12H17Cl3N2O2S. The molecule has 0 saturated carbocycles. The molecule has 0 bridgehead atoms. The second-order valence-corrected chi connectivity index (χ2v) is 7.32. The zero-order valence-electron chi connectivity index (χ0n) is 11.0. The first kappa shape index (κ1) is 18.0. The van der Waals surface area contributed by atoms with Crippen molar-refractivity contribution in [3.05, 3.63) is 28.2 Å². The lowest BCUT2D eigenvalue weighted by molar-refractivity contribution is 0.451. The highest BCUT2D eigenvalue weighted by molar-refractivity contribution is 7.89. The number of rotatable bonds is 4. The van der Waals surface area contributed by atoms with E-state index in [1.54, 1.807) is 18.2 Å². The van der Waals surface area contributed by atoms with E-state index in [1.807, 2.05) is 7.05 Å². The van der Waals surface area contributed by atoms with Gasteiger partial charge in [-0.15, -0.1) is 12.4 Å². The van der Waals surface area contributed by atoms with Gasteiger partial charge in [-0.3, -0.25) is 0 Å². The van der Waals surface area contributed by atoms with Gasteiger partial charge in [0.25, 0.3) is 0 Å². The summed E-state index contributed by atoms with van der Waals surface area (Å²) in [6.07, 6.45) is 0.849. The molecule has 1 aliphatic rings. The second-order valence-electron chi connectivity index (χ2n) is 4.63. The number of sulfonamides is 1. The van der Waals surface area contributed by atoms with Crippen LogP contribution in [0.3, 0.4) is 0 Å². The maximum Gasteiger partial charge on any atom is 0.246 e. The van der Waals surface area contributed by atoms with Crippen LogP contribution in [0.15, 0.2) is 23.1 Å². The summed E-state index contributed by atoms with van der Waals surface area (Å²) in [6, 6.07) is 4.72. The van der Waals surface area contributed by atoms with Crippen LogP contribution in [0.4, 0.5) is 0 Å². The van der Waals surface area contributed by atoms with Gasteiger partial charge < -0.3 is 5.32 Å². The molecule has 0 aliphatic carbocycles. The van der Waals surface area contributed by atoms with Crippen LogP contribution in [0.25, 0.3) is 0 Å². The van der Waals surface area contributed by atoms with E-state index < -0.39 is 10.0 Å². The molecule has 0 spiro atoms. The predicted molar refractivity (Wildman–Crippen MR) is 84.5 cm³/mol. The number of hydrogen-bond acceptors (Lipinski definition) is 3. The van der Waals surface area contributed by atoms with Gasteiger partial charge in [0.05, 0.1) is 10.0 Å². The minimum absolute atomic E-state index is 0. The van der Waals surface area contributed by atoms with Gasteiger partial charge in [-0.05, 0) is 38.1 Å². The van der Waals surface area contributed by atoms with Crippen LogP contribution in [0.1, 0.15) is 6.42 Å². The van der Waals surface area contributed by atoms with Gasteiger partial charge in [-0.1, -0.05) is 29.3 Å². The van der Waals surface area contributed by atoms with E-state index in [9.17, 15) is 8.42 Å². The summed E-state index contributed by atoms with van der Waals surface area (Å²) >= 11 is 12.0. The van der Waals surface area contributed by atoms with Gasteiger partial charge in [0, 0.05) is 13.1 Å². The SMILES string of the molecule is CNCC1CCN(S(=O)(=O)c2c(Cl)cccc2Cl)C1.Cl. The van der Waals surface area contributed by atoms with Gasteiger partial charge in [0.1, 0.15) is 4.90 Å². The van der Waals surface area contributed by atoms with E-state index in [4.69, 9.17) is 23.2 Å². The van der Waals surface area contributed by atoms with E-state index >= 15 is 0 Å². The number of benzene rings is 1. The molecule has 1 aromatic rings. The summed E-state index contributed by atoms with van der Waals surface area (Å²) < 4.78 is 26.6. The maximum atomic E-state index is 12.6. The standard InChI is InChI=1S/C12H16Cl2N2O2S.ClH/c1-15-7-9-5-6-16(8-9)19(17,18)12-10(13)3-2-4-11(12)14;/h2-4,9,15H,5-8H2,1H3;1H. The molecule has 1 aliphatic heterocycles. The fourth-order valence-corrected chi connectivity index (χ4v) is 4.95. The Kier molecular flexibility index (Phi) is 6.57. The fraction of sp³-hybridized carbons (Fsp3) is 0.500. The van der Waals surface area contributed by atoms with Gasteiger partial charge in [-0.2, -0.15) is 4.31 Å². The van der Waals surface area contributed by atoms with E-state index in [0.717, 1.165) is 13.0 Å². The summed E-state index contributed by atoms with van der Waals surface area (Å²) in [4.78, 5) is 0.0171. The smallest absolute Gasteiger partial charge is 0.246 e. The van der Waals surface area contributed by atoms with Crippen LogP contribution in [0, 0.1) is 5.92 Å². The lowest BCUT2D eigenvalue weighted by Crippen LogP contribution is -2.30. The normalized spacial score (nSPS) is 19.9. The summed E-state index contributed by atoms with van der Waals surface area (Å²) in [5, 5.41) is 3.41. The van der Waals surface area contributed by atoms with E-state index in [2.05, 4.69) is 5.32 Å². The Balaban J connectivity index is 0.00000200. The minimum atomic E-state index is -3.61. The van der Waals surface area contributed by atoms with Crippen molar-refractivity contribution in [2.75, 3.05) is 26.7 Å². The topological polar surface area (TPSA) is 49.4 Å². The minimum Gasteiger partial charge on any atom is -0.319 e. The first-order valence-electron chi connectivity index (χ1n) is 6.05. The van der Waals surface area contributed by atoms with Gasteiger partial charge >= 0.3 is 0 Å². The monoisotopic (exact) mass is 358 g/mol. The van der Waals surface area contributed by atoms with Crippen LogP contribution in [-0.2, 0) is 10.0 Å². The third-order valence-corrected chi connectivity index (χ3v) is 6.08. The van der Waals surface area contributed by atoms with Crippen LogP contribution in [0.5, 0.6) is 0 Å². The molecule has 4 nitrogen and oxygen atoms in total. The molecule has 0 amide bonds. The van der Waals surface area contributed by atoms with E-state index in [1.165, 1.54) is 4.31 Å². The molecule has 8 heteroatoms. The third kappa shape index (κ3) is 3.59. The molecule has 0 aromatic heterocycles. The molecule has 1 fully saturated rings. The number of nitrogens with one attached hydrogen (secondary N) is 1. The number of nitrogens with zero attached hydrogens (tertiary/aromatic N) is 1. The zero-order chi connectivity index (χ0) is 14.0. The van der Waals surface area contributed by atoms with Crippen LogP contribution in [-0.4, -0.2) is 39.4 Å². The molecule has 114 valence electrons. The molecule has 2 rings (SSSR count). The highest BCUT2D eigenvalue weighted by atomic mass is 35.5. The number of hydrogen-bond donors (Lipinski definition) is 1. The van der Waals surface area contributed by atoms with E-state index in [0.29, 0.717) is 19.0 Å². The van der Waals surface area contributed by atoms with Crippen LogP contribution in [0.2, 0.25) is 10.0 Å². The fourth-order valence-electron chi connectivity index (χ4n) is 2.33. The van der Waals surface area contributed by atoms with Gasteiger partial charge in [-0.25, -0.2) is 8.42 Å². The van der Waals surface area contributed by atoms with Gasteiger partial charge in [0.15, 0.2) is 0 Å². The van der Waals surface area contributed by atoms with Crippen molar-refractivity contribution in [3.63, 3.8) is 0 Å². The molecule has 1 heterocycles. The Morgan fingerprint density at radius 3 is 2.50 bits per heavy atom. The van der Waals surface area contributed by atoms with Crippen molar-refractivity contribution in [3.8, 4) is 0 Å². The lowest BCUT2D eigenvalue weighted by atomic mass is 10.1. The Hall–Kier alpha value is -0.0400. The summed E-state index contributed by atoms with van der Waals surface area (Å²) in [5.74, 6) is 0.334. The van der Waals surface area contributed by atoms with Crippen molar-refractivity contribution in [1.29, 1.82) is 0 Å². The van der Waals surface area contributed by atoms with Crippen molar-refractivity contribution in [2.45, 2.75) is 11.3 Å². The Bertz CT molecular complexity index is 546. The van der Waals surface area contributed by atoms with Crippen LogP contribution < -0.4 is 5.32 Å². The summed E-state index contributed by atoms with van der Waals surface area (Å²) in [6.45, 7) is 1.82. The Labute approximate surface area is 135 Å². The maximum absolute atomic E-state index is 12.6. The molecular weight excluding hydrogens is 343 g/mol. The molecule has 1 atom stereocenters. The van der Waals surface area contributed by atoms with Crippen molar-refractivity contribution < 1.29 is 8.42 Å². The van der Waals surface area contributed by atoms with E-state index in [-0.39, 0.29) is 27.3 Å². The third-order valence-electron chi connectivity index (χ3n) is 3.26. The average Bonchev–Trinajstić information content (AvgIpc) is 2.78. The second kappa shape index (κ2) is 7.29. The highest BCUT2D eigenvalue weighted by Gasteiger charge is 2.34. The molecule has 1 saturated heterocycles. The first-order valence-corrected chi connectivity index (χ1v) is 8.25. The average molecular weight is 360 g/mol. The van der Waals surface area contributed by atoms with Crippen molar-refractivity contribution in [1.82, 2.24) is 9.62 Å². The highest BCUT2D eigenvalue weighted by Crippen LogP contribution is 2.33. The number of halogens is 3. The zero-order valence-corrected chi connectivity index (χ0v) is 14.1. The van der Waals surface area contributed by atoms with Crippen molar-refractivity contribution >= 4 is 45.6 Å². The molecule has 1 unspecified atom stereocenters. The summed E-state index contributed by atoms with van der Waals surface area (Å²) in [7, 11) is -1.75.